The number of nitrogens with one attached hydrogen (secondary N) is 1. The van der Waals surface area contributed by atoms with Crippen LogP contribution in [0.25, 0.3) is 11.0 Å². The van der Waals surface area contributed by atoms with E-state index in [1.54, 1.807) is 0 Å². The second-order valence-corrected chi connectivity index (χ2v) is 5.08. The second-order valence-electron chi connectivity index (χ2n) is 5.08. The van der Waals surface area contributed by atoms with Crippen LogP contribution in [0.2, 0.25) is 0 Å². The SMILES string of the molecule is CC1CC(N)CN(c2nc3ccccc3[nH]2)C1. The largest absolute Gasteiger partial charge is 0.341 e. The third-order valence-electron chi connectivity index (χ3n) is 3.37. The molecule has 0 saturated carbocycles. The molecule has 2 unspecified atom stereocenters. The maximum absolute atomic E-state index is 6.06. The highest BCUT2D eigenvalue weighted by Gasteiger charge is 2.24. The van der Waals surface area contributed by atoms with Crippen LogP contribution in [0.15, 0.2) is 24.3 Å². The van der Waals surface area contributed by atoms with E-state index >= 15 is 0 Å². The van der Waals surface area contributed by atoms with Gasteiger partial charge in [-0.05, 0) is 24.5 Å². The second kappa shape index (κ2) is 4.04. The first-order valence-corrected chi connectivity index (χ1v) is 6.17. The molecule has 1 aliphatic heterocycles. The zero-order valence-electron chi connectivity index (χ0n) is 10.1. The number of H-pyrrole nitrogens is 1. The van der Waals surface area contributed by atoms with Crippen LogP contribution in [0.4, 0.5) is 5.95 Å². The molecule has 3 rings (SSSR count). The monoisotopic (exact) mass is 230 g/mol. The lowest BCUT2D eigenvalue weighted by molar-refractivity contribution is 0.398. The third kappa shape index (κ3) is 2.00. The van der Waals surface area contributed by atoms with Crippen LogP contribution >= 0.6 is 0 Å². The van der Waals surface area contributed by atoms with Crippen LogP contribution in [-0.4, -0.2) is 29.1 Å². The number of piperidine rings is 1. The molecule has 2 aromatic rings. The van der Waals surface area contributed by atoms with Gasteiger partial charge in [-0.3, -0.25) is 0 Å². The summed E-state index contributed by atoms with van der Waals surface area (Å²) < 4.78 is 0. The van der Waals surface area contributed by atoms with E-state index in [4.69, 9.17) is 5.73 Å². The van der Waals surface area contributed by atoms with Gasteiger partial charge < -0.3 is 15.6 Å². The van der Waals surface area contributed by atoms with Crippen LogP contribution in [0.1, 0.15) is 13.3 Å². The van der Waals surface area contributed by atoms with Crippen molar-refractivity contribution in [2.75, 3.05) is 18.0 Å². The Labute approximate surface area is 101 Å². The van der Waals surface area contributed by atoms with E-state index in [0.717, 1.165) is 36.5 Å². The maximum Gasteiger partial charge on any atom is 0.203 e. The van der Waals surface area contributed by atoms with Gasteiger partial charge in [0.25, 0.3) is 0 Å². The number of nitrogens with two attached hydrogens (primary N) is 1. The fraction of sp³-hybridized carbons (Fsp3) is 0.462. The van der Waals surface area contributed by atoms with Gasteiger partial charge in [0, 0.05) is 19.1 Å². The topological polar surface area (TPSA) is 57.9 Å². The standard InChI is InChI=1S/C13H18N4/c1-9-6-10(14)8-17(7-9)13-15-11-4-2-3-5-12(11)16-13/h2-5,9-10H,6-8,14H2,1H3,(H,15,16). The number of nitrogens with zero attached hydrogens (tertiary/aromatic N) is 2. The van der Waals surface area contributed by atoms with E-state index in [9.17, 15) is 0 Å². The van der Waals surface area contributed by atoms with E-state index in [-0.39, 0.29) is 6.04 Å². The first kappa shape index (κ1) is 10.6. The van der Waals surface area contributed by atoms with E-state index < -0.39 is 0 Å². The van der Waals surface area contributed by atoms with Gasteiger partial charge in [-0.2, -0.15) is 0 Å². The lowest BCUT2D eigenvalue weighted by Crippen LogP contribution is -2.46. The Hall–Kier alpha value is -1.55. The fourth-order valence-electron chi connectivity index (χ4n) is 2.66. The number of para-hydroxylation sites is 2. The van der Waals surface area contributed by atoms with Crippen molar-refractivity contribution < 1.29 is 0 Å². The van der Waals surface area contributed by atoms with Gasteiger partial charge in [0.2, 0.25) is 5.95 Å². The number of aromatic nitrogens is 2. The van der Waals surface area contributed by atoms with Gasteiger partial charge >= 0.3 is 0 Å². The van der Waals surface area contributed by atoms with E-state index in [1.165, 1.54) is 0 Å². The summed E-state index contributed by atoms with van der Waals surface area (Å²) >= 11 is 0. The minimum atomic E-state index is 0.256. The summed E-state index contributed by atoms with van der Waals surface area (Å²) in [5.74, 6) is 1.58. The molecule has 3 N–H and O–H groups in total. The summed E-state index contributed by atoms with van der Waals surface area (Å²) in [6, 6.07) is 8.38. The maximum atomic E-state index is 6.06. The van der Waals surface area contributed by atoms with Crippen molar-refractivity contribution in [3.05, 3.63) is 24.3 Å². The van der Waals surface area contributed by atoms with Gasteiger partial charge in [0.05, 0.1) is 11.0 Å². The molecule has 2 atom stereocenters. The Kier molecular flexibility index (Phi) is 2.52. The van der Waals surface area contributed by atoms with Crippen LogP contribution < -0.4 is 10.6 Å². The smallest absolute Gasteiger partial charge is 0.203 e. The predicted molar refractivity (Wildman–Crippen MR) is 70.1 cm³/mol. The summed E-state index contributed by atoms with van der Waals surface area (Å²) in [4.78, 5) is 10.2. The minimum absolute atomic E-state index is 0.256. The highest BCUT2D eigenvalue weighted by Crippen LogP contribution is 2.22. The Morgan fingerprint density at radius 1 is 1.35 bits per heavy atom. The first-order chi connectivity index (χ1) is 8.22. The lowest BCUT2D eigenvalue weighted by Gasteiger charge is -2.34. The minimum Gasteiger partial charge on any atom is -0.341 e. The summed E-state index contributed by atoms with van der Waals surface area (Å²) in [5, 5.41) is 0. The molecule has 0 aliphatic carbocycles. The van der Waals surface area contributed by atoms with Gasteiger partial charge in [0.15, 0.2) is 0 Å². The van der Waals surface area contributed by atoms with Crippen molar-refractivity contribution in [1.82, 2.24) is 9.97 Å². The molecule has 1 aromatic heterocycles. The zero-order chi connectivity index (χ0) is 11.8. The molecule has 1 fully saturated rings. The molecule has 0 spiro atoms. The number of aromatic amines is 1. The number of fused-ring (bicyclic) bond motifs is 1. The molecule has 0 radical (unpaired) electrons. The van der Waals surface area contributed by atoms with Crippen LogP contribution in [-0.2, 0) is 0 Å². The lowest BCUT2D eigenvalue weighted by atomic mass is 9.97. The van der Waals surface area contributed by atoms with Crippen molar-refractivity contribution in [2.45, 2.75) is 19.4 Å². The van der Waals surface area contributed by atoms with Crippen molar-refractivity contribution in [2.24, 2.45) is 11.7 Å². The molecule has 4 heteroatoms. The van der Waals surface area contributed by atoms with Crippen molar-refractivity contribution in [3.8, 4) is 0 Å². The fourth-order valence-corrected chi connectivity index (χ4v) is 2.66. The van der Waals surface area contributed by atoms with E-state index in [0.29, 0.717) is 5.92 Å². The van der Waals surface area contributed by atoms with Gasteiger partial charge in [-0.25, -0.2) is 4.98 Å². The van der Waals surface area contributed by atoms with Crippen molar-refractivity contribution in [3.63, 3.8) is 0 Å². The average molecular weight is 230 g/mol. The molecular weight excluding hydrogens is 212 g/mol. The molecule has 0 bridgehead atoms. The normalized spacial score (nSPS) is 25.4. The number of rotatable bonds is 1. The number of hydrogen-bond acceptors (Lipinski definition) is 3. The number of benzene rings is 1. The van der Waals surface area contributed by atoms with Gasteiger partial charge in [0.1, 0.15) is 0 Å². The number of anilines is 1. The van der Waals surface area contributed by atoms with Crippen LogP contribution in [0.3, 0.4) is 0 Å². The molecule has 1 saturated heterocycles. The highest BCUT2D eigenvalue weighted by molar-refractivity contribution is 5.77. The Morgan fingerprint density at radius 2 is 2.18 bits per heavy atom. The Morgan fingerprint density at radius 3 is 2.94 bits per heavy atom. The molecule has 0 amide bonds. The average Bonchev–Trinajstić information content (AvgIpc) is 2.71. The van der Waals surface area contributed by atoms with Gasteiger partial charge in [-0.15, -0.1) is 0 Å². The first-order valence-electron chi connectivity index (χ1n) is 6.17. The summed E-state index contributed by atoms with van der Waals surface area (Å²) in [6.07, 6.45) is 1.11. The summed E-state index contributed by atoms with van der Waals surface area (Å²) in [5.41, 5.74) is 8.18. The molecule has 4 nitrogen and oxygen atoms in total. The van der Waals surface area contributed by atoms with Crippen molar-refractivity contribution in [1.29, 1.82) is 0 Å². The van der Waals surface area contributed by atoms with Gasteiger partial charge in [-0.1, -0.05) is 19.1 Å². The summed E-state index contributed by atoms with van der Waals surface area (Å²) in [6.45, 7) is 4.17. The predicted octanol–water partition coefficient (Wildman–Crippen LogP) is 1.74. The third-order valence-corrected chi connectivity index (χ3v) is 3.37. The molecular formula is C13H18N4. The molecule has 90 valence electrons. The quantitative estimate of drug-likeness (QED) is 0.784. The molecule has 1 aromatic carbocycles. The van der Waals surface area contributed by atoms with Crippen molar-refractivity contribution >= 4 is 17.0 Å². The number of imidazole rings is 1. The molecule has 1 aliphatic rings. The number of hydrogen-bond donors (Lipinski definition) is 2. The van der Waals surface area contributed by atoms with E-state index in [2.05, 4.69) is 27.9 Å². The molecule has 17 heavy (non-hydrogen) atoms. The highest BCUT2D eigenvalue weighted by atomic mass is 15.3. The summed E-state index contributed by atoms with van der Waals surface area (Å²) in [7, 11) is 0. The molecule has 2 heterocycles. The van der Waals surface area contributed by atoms with Crippen LogP contribution in [0.5, 0.6) is 0 Å². The zero-order valence-corrected chi connectivity index (χ0v) is 10.1. The Balaban J connectivity index is 1.92. The van der Waals surface area contributed by atoms with E-state index in [1.807, 2.05) is 18.2 Å². The van der Waals surface area contributed by atoms with Crippen LogP contribution in [0, 0.1) is 5.92 Å². The Bertz CT molecular complexity index is 476.